The van der Waals surface area contributed by atoms with Crippen LogP contribution in [0, 0.1) is 6.92 Å². The van der Waals surface area contributed by atoms with Crippen molar-refractivity contribution < 1.29 is 72.8 Å². The first kappa shape index (κ1) is 54.1. The number of aliphatic hydroxyl groups is 3. The summed E-state index contributed by atoms with van der Waals surface area (Å²) in [6, 6.07) is 12.4. The van der Waals surface area contributed by atoms with E-state index in [4.69, 9.17) is 45.3 Å². The third-order valence-electron chi connectivity index (χ3n) is 12.7. The number of nitrogens with one attached hydrogen (secondary N) is 3. The molecule has 3 heterocycles. The summed E-state index contributed by atoms with van der Waals surface area (Å²) in [5.74, 6) is -1.45. The van der Waals surface area contributed by atoms with Gasteiger partial charge in [-0.15, -0.1) is 0 Å². The molecule has 26 heteroatoms. The largest absolute Gasteiger partial charge is 0.507 e. The highest BCUT2D eigenvalue weighted by Crippen LogP contribution is 2.53. The second-order valence-electron chi connectivity index (χ2n) is 17.6. The number of nitrogen functional groups attached to an aromatic ring is 2. The van der Waals surface area contributed by atoms with Crippen LogP contribution in [0.25, 0.3) is 11.5 Å². The molecular formula is C49H55N9O15S2. The number of nitrogens with two attached hydrogens (primary N) is 3. The number of phenols is 2. The summed E-state index contributed by atoms with van der Waals surface area (Å²) in [4.78, 5) is 61.8. The van der Waals surface area contributed by atoms with E-state index < -0.39 is 108 Å². The van der Waals surface area contributed by atoms with Crippen molar-refractivity contribution in [1.82, 2.24) is 15.4 Å². The molecular weight excluding hydrogens is 1020 g/mol. The van der Waals surface area contributed by atoms with E-state index in [2.05, 4.69) is 31.1 Å². The van der Waals surface area contributed by atoms with Gasteiger partial charge < -0.3 is 76.2 Å². The molecule has 0 radical (unpaired) electrons. The van der Waals surface area contributed by atoms with Crippen LogP contribution >= 0.6 is 21.6 Å². The lowest BCUT2D eigenvalue weighted by Gasteiger charge is -2.43. The standard InChI is InChI=1S/C49H55N9O15S2/c1-22-16-24(20-53-45-38(51)39(55-46(52)56-45)30-8-5-11-69-30)9-10-28(22)54-47(65)70-12-14-74-75-15-13-71-48(66)58-57-32(21-59)49(67)18-26-35(31(19-49)73-33-17-27(50)40(60)23(2)72-33)44(64)37-36(42(26)62)41(61)25-6-4-7-29(68-3)34(25)43(37)63/h4-11,16,23,27,31,33,40,59-60,62,64,67H,12-15,17-21,50-51H2,1-3H3,(H,54,65)(H,58,66)(H3,52,53,55,56)/b57-32+/t23?,27?,31-,33?,40?,49-/m0/s1. The van der Waals surface area contributed by atoms with E-state index in [9.17, 15) is 44.7 Å². The van der Waals surface area contributed by atoms with E-state index >= 15 is 0 Å². The monoisotopic (exact) mass is 1070 g/mol. The minimum atomic E-state index is -2.23. The minimum absolute atomic E-state index is 0.0245. The first-order valence-electron chi connectivity index (χ1n) is 23.4. The average molecular weight is 1070 g/mol. The zero-order chi connectivity index (χ0) is 53.7. The topological polar surface area (TPSA) is 381 Å². The molecule has 8 rings (SSSR count). The van der Waals surface area contributed by atoms with Crippen LogP contribution in [0.15, 0.2) is 64.3 Å². The van der Waals surface area contributed by atoms with Crippen LogP contribution in [-0.4, -0.2) is 134 Å². The van der Waals surface area contributed by atoms with Gasteiger partial charge in [-0.2, -0.15) is 10.1 Å². The molecule has 2 aromatic heterocycles. The van der Waals surface area contributed by atoms with Gasteiger partial charge in [0.15, 0.2) is 23.7 Å². The summed E-state index contributed by atoms with van der Waals surface area (Å²) in [7, 11) is 4.01. The lowest BCUT2D eigenvalue weighted by atomic mass is 9.71. The summed E-state index contributed by atoms with van der Waals surface area (Å²) in [6.07, 6.45) is -5.71. The number of aliphatic hydroxyl groups excluding tert-OH is 2. The van der Waals surface area contributed by atoms with Crippen LogP contribution in [-0.2, 0) is 31.9 Å². The zero-order valence-corrected chi connectivity index (χ0v) is 42.3. The highest BCUT2D eigenvalue weighted by Gasteiger charge is 2.50. The van der Waals surface area contributed by atoms with Crippen LogP contribution in [0.4, 0.5) is 32.7 Å². The number of phenolic OH excluding ortho intramolecular Hbond substituents is 2. The van der Waals surface area contributed by atoms with Gasteiger partial charge in [-0.25, -0.2) is 20.0 Å². The Labute approximate surface area is 436 Å². The Kier molecular flexibility index (Phi) is 16.7. The van der Waals surface area contributed by atoms with Gasteiger partial charge in [-0.05, 0) is 49.2 Å². The fourth-order valence-electron chi connectivity index (χ4n) is 9.03. The van der Waals surface area contributed by atoms with Gasteiger partial charge in [0.1, 0.15) is 47.4 Å². The molecule has 3 aliphatic rings. The zero-order valence-electron chi connectivity index (χ0n) is 40.7. The first-order valence-corrected chi connectivity index (χ1v) is 25.8. The minimum Gasteiger partial charge on any atom is -0.507 e. The van der Waals surface area contributed by atoms with Crippen molar-refractivity contribution in [2.24, 2.45) is 10.8 Å². The number of benzene rings is 3. The van der Waals surface area contributed by atoms with Crippen molar-refractivity contribution in [3.8, 4) is 28.7 Å². The Morgan fingerprint density at radius 3 is 2.39 bits per heavy atom. The molecule has 0 spiro atoms. The van der Waals surface area contributed by atoms with Crippen LogP contribution in [0.1, 0.15) is 80.0 Å². The van der Waals surface area contributed by atoms with Crippen LogP contribution in [0.5, 0.6) is 17.2 Å². The number of fused-ring (bicyclic) bond motifs is 3. The number of amides is 2. The normalized spacial score (nSPS) is 21.1. The Morgan fingerprint density at radius 1 is 0.973 bits per heavy atom. The predicted molar refractivity (Wildman–Crippen MR) is 276 cm³/mol. The number of furan rings is 1. The molecule has 0 bridgehead atoms. The second-order valence-corrected chi connectivity index (χ2v) is 20.3. The summed E-state index contributed by atoms with van der Waals surface area (Å²) in [5, 5.41) is 66.8. The molecule has 6 atom stereocenters. The Balaban J connectivity index is 0.825. The number of hydrogen-bond donors (Lipinski definition) is 11. The van der Waals surface area contributed by atoms with Gasteiger partial charge in [-0.3, -0.25) is 14.9 Å². The van der Waals surface area contributed by atoms with E-state index in [-0.39, 0.29) is 59.3 Å². The smallest absolute Gasteiger partial charge is 0.427 e. The predicted octanol–water partition coefficient (Wildman–Crippen LogP) is 4.28. The quantitative estimate of drug-likeness (QED) is 0.0188. The van der Waals surface area contributed by atoms with Crippen molar-refractivity contribution in [2.45, 2.75) is 75.9 Å². The molecule has 3 aromatic carbocycles. The molecule has 1 aliphatic heterocycles. The van der Waals surface area contributed by atoms with Crippen molar-refractivity contribution in [2.75, 3.05) is 60.5 Å². The molecule has 5 aromatic rings. The average Bonchev–Trinajstić information content (AvgIpc) is 3.93. The molecule has 4 unspecified atom stereocenters. The van der Waals surface area contributed by atoms with Gasteiger partial charge >= 0.3 is 12.2 Å². The number of nitrogens with zero attached hydrogens (tertiary/aromatic N) is 3. The molecule has 2 aliphatic carbocycles. The molecule has 1 saturated heterocycles. The highest BCUT2D eigenvalue weighted by atomic mass is 33.1. The van der Waals surface area contributed by atoms with Crippen LogP contribution in [0.3, 0.4) is 0 Å². The molecule has 398 valence electrons. The van der Waals surface area contributed by atoms with E-state index in [1.165, 1.54) is 53.2 Å². The third kappa shape index (κ3) is 11.6. The van der Waals surface area contributed by atoms with Crippen LogP contribution in [0.2, 0.25) is 0 Å². The number of anilines is 4. The van der Waals surface area contributed by atoms with E-state index in [1.807, 2.05) is 19.1 Å². The second kappa shape index (κ2) is 23.2. The van der Waals surface area contributed by atoms with Gasteiger partial charge in [0, 0.05) is 65.7 Å². The number of ketones is 2. The van der Waals surface area contributed by atoms with Gasteiger partial charge in [0.05, 0.1) is 60.7 Å². The summed E-state index contributed by atoms with van der Waals surface area (Å²) < 4.78 is 33.5. The number of carbonyl (C=O) groups is 4. The molecule has 14 N–H and O–H groups in total. The molecule has 75 heavy (non-hydrogen) atoms. The van der Waals surface area contributed by atoms with Gasteiger partial charge in [-0.1, -0.05) is 45.9 Å². The number of hydrogen-bond acceptors (Lipinski definition) is 24. The maximum Gasteiger partial charge on any atom is 0.427 e. The van der Waals surface area contributed by atoms with Crippen molar-refractivity contribution in [1.29, 1.82) is 0 Å². The molecule has 24 nitrogen and oxygen atoms in total. The van der Waals surface area contributed by atoms with Crippen molar-refractivity contribution in [3.63, 3.8) is 0 Å². The summed E-state index contributed by atoms with van der Waals surface area (Å²) in [5.41, 5.74) is 19.1. The highest BCUT2D eigenvalue weighted by molar-refractivity contribution is 8.76. The summed E-state index contributed by atoms with van der Waals surface area (Å²) >= 11 is 0. The Morgan fingerprint density at radius 2 is 1.71 bits per heavy atom. The maximum absolute atomic E-state index is 14.1. The Bertz CT molecular complexity index is 3010. The van der Waals surface area contributed by atoms with Gasteiger partial charge in [0.25, 0.3) is 0 Å². The van der Waals surface area contributed by atoms with Crippen molar-refractivity contribution >= 4 is 74.2 Å². The van der Waals surface area contributed by atoms with E-state index in [1.54, 1.807) is 25.1 Å². The maximum atomic E-state index is 14.1. The van der Waals surface area contributed by atoms with Gasteiger partial charge in [0.2, 0.25) is 11.7 Å². The summed E-state index contributed by atoms with van der Waals surface area (Å²) in [6.45, 7) is 2.81. The Hall–Kier alpha value is -7.17. The molecule has 2 amide bonds. The van der Waals surface area contributed by atoms with E-state index in [0.717, 1.165) is 11.1 Å². The number of carbonyl (C=O) groups excluding carboxylic acids is 4. The van der Waals surface area contributed by atoms with E-state index in [0.29, 0.717) is 41.0 Å². The number of rotatable bonds is 18. The fourth-order valence-corrected chi connectivity index (χ4v) is 10.7. The fraction of sp³-hybridized carbons (Fsp3) is 0.367. The van der Waals surface area contributed by atoms with Crippen molar-refractivity contribution in [3.05, 3.63) is 99.3 Å². The first-order chi connectivity index (χ1) is 35.9. The number of ether oxygens (including phenoxy) is 5. The molecule has 1 fully saturated rings. The van der Waals surface area contributed by atoms with Crippen LogP contribution < -0.4 is 38.0 Å². The number of aryl methyl sites for hydroxylation is 1. The SMILES string of the molecule is COc1cccc2c1C(=O)c1c(O)c3c(c(O)c1C2=O)C[C@@](O)(/C(CO)=N/NC(=O)OCCSSCCOC(=O)Nc1ccc(CNc2nc(N)nc(-c4ccco4)c2N)cc1C)C[C@@H]3OC1CC(N)C(O)C(C)O1. The third-order valence-corrected chi connectivity index (χ3v) is 15.0. The molecule has 0 saturated carbocycles. The number of methoxy groups -OCH3 is 1. The number of hydrazone groups is 1. The number of aromatic nitrogens is 2. The number of aromatic hydroxyl groups is 2. The lowest BCUT2D eigenvalue weighted by molar-refractivity contribution is -0.245. The lowest BCUT2D eigenvalue weighted by Crippen LogP contribution is -2.53.